The molecule has 92 valence electrons. The predicted octanol–water partition coefficient (Wildman–Crippen LogP) is 2.65. The molecule has 0 atom stereocenters. The quantitative estimate of drug-likeness (QED) is 0.822. The zero-order chi connectivity index (χ0) is 11.9. The van der Waals surface area contributed by atoms with E-state index in [1.54, 1.807) is 0 Å². The molecular formula is C15H21NO. The zero-order valence-electron chi connectivity index (χ0n) is 10.2. The Morgan fingerprint density at radius 3 is 2.47 bits per heavy atom. The molecule has 0 aliphatic heterocycles. The van der Waals surface area contributed by atoms with Gasteiger partial charge >= 0.3 is 0 Å². The molecule has 0 radical (unpaired) electrons. The van der Waals surface area contributed by atoms with Gasteiger partial charge in [-0.1, -0.05) is 24.3 Å². The number of nitrogens with two attached hydrogens (primary N) is 1. The van der Waals surface area contributed by atoms with Gasteiger partial charge in [0.1, 0.15) is 0 Å². The first-order valence-corrected chi connectivity index (χ1v) is 6.75. The third kappa shape index (κ3) is 2.24. The lowest BCUT2D eigenvalue weighted by atomic mass is 9.76. The summed E-state index contributed by atoms with van der Waals surface area (Å²) < 4.78 is 0. The summed E-state index contributed by atoms with van der Waals surface area (Å²) in [5.74, 6) is 0.785. The van der Waals surface area contributed by atoms with E-state index >= 15 is 0 Å². The van der Waals surface area contributed by atoms with Crippen molar-refractivity contribution in [1.82, 2.24) is 0 Å². The van der Waals surface area contributed by atoms with Crippen molar-refractivity contribution in [3.05, 3.63) is 35.4 Å². The molecular weight excluding hydrogens is 210 g/mol. The van der Waals surface area contributed by atoms with Crippen LogP contribution in [0.2, 0.25) is 0 Å². The molecule has 0 aromatic heterocycles. The van der Waals surface area contributed by atoms with Gasteiger partial charge in [0, 0.05) is 5.54 Å². The summed E-state index contributed by atoms with van der Waals surface area (Å²) in [6.45, 7) is 0. The van der Waals surface area contributed by atoms with Gasteiger partial charge in [-0.15, -0.1) is 0 Å². The van der Waals surface area contributed by atoms with Crippen LogP contribution in [0.1, 0.15) is 55.6 Å². The highest BCUT2D eigenvalue weighted by molar-refractivity contribution is 5.33. The van der Waals surface area contributed by atoms with E-state index in [2.05, 4.69) is 24.3 Å². The van der Waals surface area contributed by atoms with E-state index in [9.17, 15) is 5.11 Å². The van der Waals surface area contributed by atoms with Crippen molar-refractivity contribution in [2.75, 3.05) is 0 Å². The average molecular weight is 231 g/mol. The second kappa shape index (κ2) is 4.11. The fourth-order valence-corrected chi connectivity index (χ4v) is 2.93. The Hall–Kier alpha value is -0.860. The Bertz CT molecular complexity index is 403. The van der Waals surface area contributed by atoms with E-state index in [0.29, 0.717) is 0 Å². The third-order valence-electron chi connectivity index (χ3n) is 4.36. The SMILES string of the molecule is NC1(c2cccc(C3CC3)c2)CCC(O)CC1. The first-order valence-electron chi connectivity index (χ1n) is 6.75. The molecule has 0 bridgehead atoms. The summed E-state index contributed by atoms with van der Waals surface area (Å²) in [4.78, 5) is 0. The molecule has 0 saturated heterocycles. The summed E-state index contributed by atoms with van der Waals surface area (Å²) in [6, 6.07) is 8.82. The average Bonchev–Trinajstić information content (AvgIpc) is 3.18. The van der Waals surface area contributed by atoms with Crippen LogP contribution in [-0.4, -0.2) is 11.2 Å². The molecule has 0 heterocycles. The number of aliphatic hydroxyl groups excluding tert-OH is 1. The van der Waals surface area contributed by atoms with E-state index in [1.807, 2.05) is 0 Å². The van der Waals surface area contributed by atoms with E-state index in [-0.39, 0.29) is 11.6 Å². The summed E-state index contributed by atoms with van der Waals surface area (Å²) in [5, 5.41) is 9.59. The van der Waals surface area contributed by atoms with Crippen LogP contribution in [0, 0.1) is 0 Å². The minimum Gasteiger partial charge on any atom is -0.393 e. The smallest absolute Gasteiger partial charge is 0.0541 e. The normalized spacial score (nSPS) is 33.6. The molecule has 2 aliphatic rings. The van der Waals surface area contributed by atoms with Crippen molar-refractivity contribution >= 4 is 0 Å². The Balaban J connectivity index is 1.84. The first-order chi connectivity index (χ1) is 8.17. The monoisotopic (exact) mass is 231 g/mol. The fraction of sp³-hybridized carbons (Fsp3) is 0.600. The first kappa shape index (κ1) is 11.2. The van der Waals surface area contributed by atoms with Crippen LogP contribution in [-0.2, 0) is 5.54 Å². The van der Waals surface area contributed by atoms with Gasteiger partial charge in [0.05, 0.1) is 6.10 Å². The predicted molar refractivity (Wildman–Crippen MR) is 68.8 cm³/mol. The largest absolute Gasteiger partial charge is 0.393 e. The molecule has 1 aromatic rings. The minimum atomic E-state index is -0.204. The van der Waals surface area contributed by atoms with Crippen LogP contribution in [0.3, 0.4) is 0 Å². The number of rotatable bonds is 2. The van der Waals surface area contributed by atoms with Gasteiger partial charge in [-0.3, -0.25) is 0 Å². The molecule has 0 amide bonds. The number of hydrogen-bond acceptors (Lipinski definition) is 2. The highest BCUT2D eigenvalue weighted by atomic mass is 16.3. The summed E-state index contributed by atoms with van der Waals surface area (Å²) in [6.07, 6.45) is 6.01. The summed E-state index contributed by atoms with van der Waals surface area (Å²) >= 11 is 0. The van der Waals surface area contributed by atoms with Gasteiger partial charge in [0.2, 0.25) is 0 Å². The zero-order valence-corrected chi connectivity index (χ0v) is 10.2. The molecule has 1 aromatic carbocycles. The van der Waals surface area contributed by atoms with Gasteiger partial charge in [-0.2, -0.15) is 0 Å². The molecule has 2 aliphatic carbocycles. The Labute approximate surface area is 103 Å². The molecule has 2 saturated carbocycles. The maximum Gasteiger partial charge on any atom is 0.0541 e. The van der Waals surface area contributed by atoms with E-state index in [1.165, 1.54) is 24.0 Å². The van der Waals surface area contributed by atoms with E-state index in [4.69, 9.17) is 5.73 Å². The number of aliphatic hydroxyl groups is 1. The maximum atomic E-state index is 9.59. The highest BCUT2D eigenvalue weighted by Gasteiger charge is 2.33. The van der Waals surface area contributed by atoms with Gasteiger partial charge in [0.25, 0.3) is 0 Å². The lowest BCUT2D eigenvalue weighted by molar-refractivity contribution is 0.0969. The second-order valence-electron chi connectivity index (χ2n) is 5.79. The molecule has 2 fully saturated rings. The van der Waals surface area contributed by atoms with Crippen LogP contribution in [0.5, 0.6) is 0 Å². The van der Waals surface area contributed by atoms with Gasteiger partial charge in [0.15, 0.2) is 0 Å². The Morgan fingerprint density at radius 1 is 1.12 bits per heavy atom. The number of hydrogen-bond donors (Lipinski definition) is 2. The van der Waals surface area contributed by atoms with Gasteiger partial charge in [-0.25, -0.2) is 0 Å². The lowest BCUT2D eigenvalue weighted by Crippen LogP contribution is -2.41. The van der Waals surface area contributed by atoms with Crippen molar-refractivity contribution in [2.45, 2.75) is 56.1 Å². The highest BCUT2D eigenvalue weighted by Crippen LogP contribution is 2.42. The van der Waals surface area contributed by atoms with E-state index in [0.717, 1.165) is 31.6 Å². The summed E-state index contributed by atoms with van der Waals surface area (Å²) in [7, 11) is 0. The van der Waals surface area contributed by atoms with Crippen LogP contribution in [0.4, 0.5) is 0 Å². The summed E-state index contributed by atoms with van der Waals surface area (Å²) in [5.41, 5.74) is 9.05. The number of benzene rings is 1. The van der Waals surface area contributed by atoms with Gasteiger partial charge < -0.3 is 10.8 Å². The van der Waals surface area contributed by atoms with E-state index < -0.39 is 0 Å². The molecule has 3 N–H and O–H groups in total. The Kier molecular flexibility index (Phi) is 2.72. The minimum absolute atomic E-state index is 0.140. The third-order valence-corrected chi connectivity index (χ3v) is 4.36. The molecule has 0 spiro atoms. The standard InChI is InChI=1S/C15H21NO/c16-15(8-6-14(17)7-9-15)13-3-1-2-12(10-13)11-4-5-11/h1-3,10-11,14,17H,4-9,16H2. The van der Waals surface area contributed by atoms with Gasteiger partial charge in [-0.05, 0) is 55.6 Å². The fourth-order valence-electron chi connectivity index (χ4n) is 2.93. The molecule has 2 heteroatoms. The van der Waals surface area contributed by atoms with Crippen molar-refractivity contribution in [3.63, 3.8) is 0 Å². The topological polar surface area (TPSA) is 46.2 Å². The van der Waals surface area contributed by atoms with Crippen molar-refractivity contribution < 1.29 is 5.11 Å². The van der Waals surface area contributed by atoms with Crippen molar-refractivity contribution in [1.29, 1.82) is 0 Å². The van der Waals surface area contributed by atoms with Crippen LogP contribution >= 0.6 is 0 Å². The maximum absolute atomic E-state index is 9.59. The molecule has 3 rings (SSSR count). The van der Waals surface area contributed by atoms with Crippen LogP contribution < -0.4 is 5.73 Å². The van der Waals surface area contributed by atoms with Crippen LogP contribution in [0.25, 0.3) is 0 Å². The van der Waals surface area contributed by atoms with Crippen molar-refractivity contribution in [3.8, 4) is 0 Å². The molecule has 0 unspecified atom stereocenters. The molecule has 2 nitrogen and oxygen atoms in total. The molecule has 17 heavy (non-hydrogen) atoms. The van der Waals surface area contributed by atoms with Crippen LogP contribution in [0.15, 0.2) is 24.3 Å². The lowest BCUT2D eigenvalue weighted by Gasteiger charge is -2.36. The van der Waals surface area contributed by atoms with Crippen molar-refractivity contribution in [2.24, 2.45) is 5.73 Å². The Morgan fingerprint density at radius 2 is 1.82 bits per heavy atom. The second-order valence-corrected chi connectivity index (χ2v) is 5.79.